The second-order valence-corrected chi connectivity index (χ2v) is 22.9. The van der Waals surface area contributed by atoms with Gasteiger partial charge < -0.3 is 0 Å². The van der Waals surface area contributed by atoms with Gasteiger partial charge in [-0.3, -0.25) is 0 Å². The molecule has 0 spiro atoms. The Morgan fingerprint density at radius 2 is 1.46 bits per heavy atom. The maximum atomic E-state index is 2.84. The average Bonchev–Trinajstić information content (AvgIpc) is 3.12. The van der Waals surface area contributed by atoms with Gasteiger partial charge in [0.2, 0.25) is 0 Å². The quantitative estimate of drug-likeness (QED) is 0.135. The molecule has 1 rings (SSSR count). The molecular weight excluding hydrogens is 447 g/mol. The molecule has 1 aromatic rings. The van der Waals surface area contributed by atoms with Crippen molar-refractivity contribution in [2.75, 3.05) is 0 Å². The molecule has 3 heteroatoms. The van der Waals surface area contributed by atoms with Crippen LogP contribution >= 0.6 is 0 Å². The van der Waals surface area contributed by atoms with Crippen LogP contribution in [0.5, 0.6) is 0 Å². The summed E-state index contributed by atoms with van der Waals surface area (Å²) in [7, 11) is 0. The summed E-state index contributed by atoms with van der Waals surface area (Å²) in [4.78, 5) is 0. The third-order valence-electron chi connectivity index (χ3n) is 5.95. The molecule has 28 heavy (non-hydrogen) atoms. The summed E-state index contributed by atoms with van der Waals surface area (Å²) in [6.07, 6.45) is 20.5. The van der Waals surface area contributed by atoms with Crippen LogP contribution in [-0.2, 0) is 13.1 Å². The first-order valence-electron chi connectivity index (χ1n) is 12.1. The number of hydrogen-bond donors (Lipinski definition) is 0. The molecular formula is C25H49N2Sn+. The summed E-state index contributed by atoms with van der Waals surface area (Å²) >= 11 is -2.13. The number of aromatic nitrogens is 2. The van der Waals surface area contributed by atoms with Crippen LogP contribution in [-0.4, -0.2) is 22.9 Å². The van der Waals surface area contributed by atoms with E-state index in [9.17, 15) is 0 Å². The number of nitrogens with zero attached hydrogens (tertiary/aromatic N) is 2. The van der Waals surface area contributed by atoms with E-state index in [0.717, 1.165) is 6.54 Å². The van der Waals surface area contributed by atoms with Gasteiger partial charge in [0, 0.05) is 0 Å². The van der Waals surface area contributed by atoms with Gasteiger partial charge in [0.05, 0.1) is 0 Å². The molecule has 0 bridgehead atoms. The van der Waals surface area contributed by atoms with Crippen molar-refractivity contribution in [2.24, 2.45) is 5.41 Å². The zero-order valence-corrected chi connectivity index (χ0v) is 22.8. The number of imidazole rings is 1. The fraction of sp³-hybridized carbons (Fsp3) is 0.800. The van der Waals surface area contributed by atoms with E-state index in [0.29, 0.717) is 5.41 Å². The molecule has 162 valence electrons. The summed E-state index contributed by atoms with van der Waals surface area (Å²) in [5.41, 5.74) is 0.340. The molecule has 0 fully saturated rings. The van der Waals surface area contributed by atoms with Crippen molar-refractivity contribution >= 4 is 18.4 Å². The Labute approximate surface area is 180 Å². The van der Waals surface area contributed by atoms with E-state index in [1.54, 1.807) is 13.3 Å². The zero-order chi connectivity index (χ0) is 20.9. The predicted molar refractivity (Wildman–Crippen MR) is 127 cm³/mol. The minimum atomic E-state index is -2.13. The first-order valence-corrected chi connectivity index (χ1v) is 19.8. The molecule has 0 radical (unpaired) electrons. The Hall–Kier alpha value is -0.251. The molecule has 0 aliphatic carbocycles. The summed E-state index contributed by atoms with van der Waals surface area (Å²) in [6, 6.07) is 0. The summed E-state index contributed by atoms with van der Waals surface area (Å²) in [6.45, 7) is 16.3. The first-order chi connectivity index (χ1) is 13.3. The number of aryl methyl sites for hydroxylation is 2. The molecule has 0 unspecified atom stereocenters. The van der Waals surface area contributed by atoms with Gasteiger partial charge in [-0.1, -0.05) is 0 Å². The van der Waals surface area contributed by atoms with Crippen LogP contribution in [0.15, 0.2) is 28.9 Å². The summed E-state index contributed by atoms with van der Waals surface area (Å²) in [5, 5.41) is 0. The van der Waals surface area contributed by atoms with Crippen molar-refractivity contribution in [3.05, 3.63) is 28.9 Å². The normalized spacial score (nSPS) is 12.9. The Morgan fingerprint density at radius 3 is 2.00 bits per heavy atom. The molecule has 0 aliphatic heterocycles. The molecule has 1 heterocycles. The van der Waals surface area contributed by atoms with Crippen molar-refractivity contribution in [2.45, 2.75) is 119 Å². The van der Waals surface area contributed by atoms with Crippen molar-refractivity contribution in [1.82, 2.24) is 4.57 Å². The van der Waals surface area contributed by atoms with Crippen molar-refractivity contribution in [3.8, 4) is 0 Å². The van der Waals surface area contributed by atoms with Crippen LogP contribution in [0.1, 0.15) is 92.9 Å². The van der Waals surface area contributed by atoms with Gasteiger partial charge in [0.25, 0.3) is 0 Å². The van der Waals surface area contributed by atoms with Gasteiger partial charge >= 0.3 is 181 Å². The molecule has 2 nitrogen and oxygen atoms in total. The van der Waals surface area contributed by atoms with Crippen LogP contribution in [0.4, 0.5) is 0 Å². The third-order valence-corrected chi connectivity index (χ3v) is 20.0. The Morgan fingerprint density at radius 1 is 0.857 bits per heavy atom. The number of allylic oxidation sites excluding steroid dienone is 1. The fourth-order valence-electron chi connectivity index (χ4n) is 3.99. The van der Waals surface area contributed by atoms with E-state index in [2.05, 4.69) is 79.6 Å². The van der Waals surface area contributed by atoms with Crippen LogP contribution in [0.25, 0.3) is 0 Å². The molecule has 1 aromatic heterocycles. The van der Waals surface area contributed by atoms with E-state index < -0.39 is 18.4 Å². The van der Waals surface area contributed by atoms with Crippen LogP contribution in [0.2, 0.25) is 13.3 Å². The third kappa shape index (κ3) is 11.1. The van der Waals surface area contributed by atoms with E-state index in [-0.39, 0.29) is 0 Å². The molecule has 0 saturated carbocycles. The fourth-order valence-corrected chi connectivity index (χ4v) is 18.8. The van der Waals surface area contributed by atoms with Gasteiger partial charge in [-0.2, -0.15) is 0 Å². The van der Waals surface area contributed by atoms with Crippen LogP contribution < -0.4 is 4.57 Å². The SMILES string of the molecule is CCC[CH2][Sn](/[CH]=C/C(C)(C)C)([CH2]CCC)[CH2]CCCCC[n+]1ccn(CC)c1. The molecule has 0 aromatic carbocycles. The monoisotopic (exact) mass is 497 g/mol. The van der Waals surface area contributed by atoms with Gasteiger partial charge in [0.15, 0.2) is 0 Å². The van der Waals surface area contributed by atoms with Crippen molar-refractivity contribution in [3.63, 3.8) is 0 Å². The first kappa shape index (κ1) is 25.8. The molecule has 0 amide bonds. The van der Waals surface area contributed by atoms with Gasteiger partial charge in [0.1, 0.15) is 0 Å². The molecule has 0 aliphatic rings. The zero-order valence-electron chi connectivity index (χ0n) is 20.0. The predicted octanol–water partition coefficient (Wildman–Crippen LogP) is 7.55. The molecule has 0 atom stereocenters. The summed E-state index contributed by atoms with van der Waals surface area (Å²) in [5.74, 6) is 0. The van der Waals surface area contributed by atoms with Gasteiger partial charge in [-0.25, -0.2) is 0 Å². The van der Waals surface area contributed by atoms with Gasteiger partial charge in [-0.15, -0.1) is 0 Å². The Balaban J connectivity index is 2.52. The molecule has 0 saturated heterocycles. The maximum absolute atomic E-state index is 2.84. The minimum absolute atomic E-state index is 0.340. The van der Waals surface area contributed by atoms with Crippen molar-refractivity contribution in [1.29, 1.82) is 0 Å². The topological polar surface area (TPSA) is 8.81 Å². The second kappa shape index (κ2) is 13.9. The van der Waals surface area contributed by atoms with Gasteiger partial charge in [-0.05, 0) is 0 Å². The average molecular weight is 496 g/mol. The Bertz CT molecular complexity index is 531. The van der Waals surface area contributed by atoms with E-state index in [4.69, 9.17) is 0 Å². The number of unbranched alkanes of at least 4 members (excludes halogenated alkanes) is 5. The second-order valence-electron chi connectivity index (χ2n) is 9.91. The standard InChI is InChI=1S/C11H20N2.C6H11.2C4H9.Sn/c1-3-5-6-7-8-13-10-9-12(4-2)11-13;1-5-6(2,3)4;2*1-3-4-2;/h9-11H,1,3-8H2,2H3;1,5H,2-4H3;2*1,3-4H2,2H3;/q+1;;;;. The number of rotatable bonds is 15. The van der Waals surface area contributed by atoms with E-state index in [1.807, 2.05) is 0 Å². The Kier molecular flexibility index (Phi) is 12.8. The molecule has 0 N–H and O–H groups in total. The van der Waals surface area contributed by atoms with E-state index >= 15 is 0 Å². The van der Waals surface area contributed by atoms with Crippen LogP contribution in [0, 0.1) is 5.41 Å². The van der Waals surface area contributed by atoms with Crippen molar-refractivity contribution < 1.29 is 4.57 Å². The summed E-state index contributed by atoms with van der Waals surface area (Å²) < 4.78 is 12.2. The number of hydrogen-bond acceptors (Lipinski definition) is 0. The van der Waals surface area contributed by atoms with Crippen LogP contribution in [0.3, 0.4) is 0 Å². The van der Waals surface area contributed by atoms with E-state index in [1.165, 1.54) is 57.9 Å².